The fourth-order valence-corrected chi connectivity index (χ4v) is 3.29. The number of H-pyrrole nitrogens is 1. The highest BCUT2D eigenvalue weighted by atomic mass is 35.5. The number of hydrogen-bond acceptors (Lipinski definition) is 4. The second kappa shape index (κ2) is 6.36. The van der Waals surface area contributed by atoms with Crippen LogP contribution in [-0.4, -0.2) is 40.0 Å². The lowest BCUT2D eigenvalue weighted by Gasteiger charge is -2.29. The van der Waals surface area contributed by atoms with Crippen molar-refractivity contribution in [2.75, 3.05) is 20.1 Å². The Bertz CT molecular complexity index is 726. The van der Waals surface area contributed by atoms with Crippen LogP contribution in [0.25, 0.3) is 11.4 Å². The summed E-state index contributed by atoms with van der Waals surface area (Å²) < 4.78 is 0. The molecule has 0 unspecified atom stereocenters. The van der Waals surface area contributed by atoms with Gasteiger partial charge in [-0.05, 0) is 38.6 Å². The summed E-state index contributed by atoms with van der Waals surface area (Å²) in [6.45, 7) is 2.00. The number of likely N-dealkylation sites (tertiary alicyclic amines) is 1. The van der Waals surface area contributed by atoms with Crippen LogP contribution in [0.1, 0.15) is 24.5 Å². The van der Waals surface area contributed by atoms with Crippen molar-refractivity contribution < 1.29 is 0 Å². The van der Waals surface area contributed by atoms with Crippen LogP contribution in [0, 0.1) is 0 Å². The topological polar surface area (TPSA) is 61.9 Å². The van der Waals surface area contributed by atoms with Gasteiger partial charge >= 0.3 is 0 Å². The highest BCUT2D eigenvalue weighted by Gasteiger charge is 2.21. The highest BCUT2D eigenvalue weighted by molar-refractivity contribution is 6.32. The maximum absolute atomic E-state index is 12.0. The normalized spacial score (nSPS) is 19.3. The number of pyridine rings is 1. The van der Waals surface area contributed by atoms with E-state index in [-0.39, 0.29) is 21.8 Å². The molecule has 1 saturated heterocycles. The van der Waals surface area contributed by atoms with Crippen LogP contribution in [-0.2, 0) is 0 Å². The average molecular weight is 339 g/mol. The Kier molecular flexibility index (Phi) is 4.47. The molecule has 5 nitrogen and oxygen atoms in total. The lowest BCUT2D eigenvalue weighted by molar-refractivity contribution is 0.248. The minimum Gasteiger partial charge on any atom is -0.307 e. The molecular weight excluding hydrogens is 323 g/mol. The quantitative estimate of drug-likeness (QED) is 0.855. The smallest absolute Gasteiger partial charge is 0.251 e. The van der Waals surface area contributed by atoms with Gasteiger partial charge in [0, 0.05) is 24.1 Å². The second-order valence-electron chi connectivity index (χ2n) is 5.62. The van der Waals surface area contributed by atoms with Crippen molar-refractivity contribution in [3.05, 3.63) is 44.6 Å². The fourth-order valence-electron chi connectivity index (χ4n) is 2.83. The molecule has 0 radical (unpaired) electrons. The Hall–Kier alpha value is -1.43. The largest absolute Gasteiger partial charge is 0.307 e. The summed E-state index contributed by atoms with van der Waals surface area (Å²) in [6.07, 6.45) is 2.15. The van der Waals surface area contributed by atoms with Gasteiger partial charge in [0.2, 0.25) is 0 Å². The van der Waals surface area contributed by atoms with Crippen LogP contribution < -0.4 is 5.56 Å². The molecule has 1 atom stereocenters. The number of aromatic amines is 1. The van der Waals surface area contributed by atoms with Crippen molar-refractivity contribution in [3.8, 4) is 11.4 Å². The van der Waals surface area contributed by atoms with E-state index in [1.54, 1.807) is 18.2 Å². The van der Waals surface area contributed by atoms with E-state index in [2.05, 4.69) is 26.9 Å². The summed E-state index contributed by atoms with van der Waals surface area (Å²) in [6, 6.07) is 4.86. The molecule has 0 bridgehead atoms. The van der Waals surface area contributed by atoms with Gasteiger partial charge in [-0.3, -0.25) is 4.79 Å². The fraction of sp³-hybridized carbons (Fsp3) is 0.400. The number of hydrogen-bond donors (Lipinski definition) is 1. The number of rotatable bonds is 2. The Morgan fingerprint density at radius 1 is 1.23 bits per heavy atom. The molecule has 2 aromatic heterocycles. The van der Waals surface area contributed by atoms with Gasteiger partial charge in [-0.15, -0.1) is 0 Å². The zero-order chi connectivity index (χ0) is 15.7. The van der Waals surface area contributed by atoms with Gasteiger partial charge in [0.1, 0.15) is 16.1 Å². The Morgan fingerprint density at radius 2 is 1.95 bits per heavy atom. The van der Waals surface area contributed by atoms with Gasteiger partial charge in [0.25, 0.3) is 5.56 Å². The van der Waals surface area contributed by atoms with E-state index in [1.165, 1.54) is 0 Å². The number of nitrogens with zero attached hydrogens (tertiary/aromatic N) is 3. The first-order chi connectivity index (χ1) is 10.5. The van der Waals surface area contributed by atoms with Gasteiger partial charge < -0.3 is 9.88 Å². The Labute approximate surface area is 138 Å². The molecule has 1 aliphatic rings. The highest BCUT2D eigenvalue weighted by Crippen LogP contribution is 2.26. The Balaban J connectivity index is 2.01. The third-order valence-electron chi connectivity index (χ3n) is 3.84. The number of aromatic nitrogens is 3. The molecular formula is C15H16Cl2N4O. The summed E-state index contributed by atoms with van der Waals surface area (Å²) in [5.74, 6) is 0.745. The molecule has 1 fully saturated rings. The first kappa shape index (κ1) is 15.5. The minimum absolute atomic E-state index is 0.169. The predicted octanol–water partition coefficient (Wildman–Crippen LogP) is 2.95. The van der Waals surface area contributed by atoms with Crippen molar-refractivity contribution in [1.82, 2.24) is 19.9 Å². The molecule has 22 heavy (non-hydrogen) atoms. The molecule has 1 aliphatic heterocycles. The van der Waals surface area contributed by atoms with Gasteiger partial charge in [-0.1, -0.05) is 23.2 Å². The summed E-state index contributed by atoms with van der Waals surface area (Å²) >= 11 is 11.9. The second-order valence-corrected chi connectivity index (χ2v) is 6.40. The van der Waals surface area contributed by atoms with E-state index in [9.17, 15) is 4.79 Å². The third kappa shape index (κ3) is 3.48. The minimum atomic E-state index is -0.169. The molecule has 3 rings (SSSR count). The van der Waals surface area contributed by atoms with E-state index in [4.69, 9.17) is 23.2 Å². The molecule has 3 heterocycles. The monoisotopic (exact) mass is 338 g/mol. The molecule has 0 aliphatic carbocycles. The van der Waals surface area contributed by atoms with Crippen molar-refractivity contribution in [2.45, 2.75) is 18.8 Å². The SMILES string of the molecule is CN1CCC[C@H](c2cc(=O)[nH]c(-c3cc(Cl)nc(Cl)c3)n2)C1. The Morgan fingerprint density at radius 3 is 2.64 bits per heavy atom. The zero-order valence-electron chi connectivity index (χ0n) is 12.1. The summed E-state index contributed by atoms with van der Waals surface area (Å²) in [5.41, 5.74) is 1.31. The molecule has 7 heteroatoms. The summed E-state index contributed by atoms with van der Waals surface area (Å²) in [7, 11) is 2.09. The summed E-state index contributed by atoms with van der Waals surface area (Å²) in [5, 5.41) is 0.543. The number of nitrogens with one attached hydrogen (secondary N) is 1. The van der Waals surface area contributed by atoms with Crippen LogP contribution in [0.15, 0.2) is 23.0 Å². The molecule has 1 N–H and O–H groups in total. The summed E-state index contributed by atoms with van der Waals surface area (Å²) in [4.78, 5) is 25.5. The van der Waals surface area contributed by atoms with Crippen molar-refractivity contribution in [1.29, 1.82) is 0 Å². The maximum atomic E-state index is 12.0. The predicted molar refractivity (Wildman–Crippen MR) is 87.6 cm³/mol. The molecule has 0 saturated carbocycles. The van der Waals surface area contributed by atoms with E-state index >= 15 is 0 Å². The maximum Gasteiger partial charge on any atom is 0.251 e. The third-order valence-corrected chi connectivity index (χ3v) is 4.23. The van der Waals surface area contributed by atoms with Crippen LogP contribution >= 0.6 is 23.2 Å². The molecule has 116 valence electrons. The zero-order valence-corrected chi connectivity index (χ0v) is 13.7. The molecule has 0 amide bonds. The lowest BCUT2D eigenvalue weighted by Crippen LogP contribution is -2.31. The standard InChI is InChI=1S/C15H16Cl2N4O/c1-21-4-2-3-9(8-21)11-7-14(22)20-15(18-11)10-5-12(16)19-13(17)6-10/h5-7,9H,2-4,8H2,1H3,(H,18,20,22)/t9-/m0/s1. The number of likely N-dealkylation sites (N-methyl/N-ethyl adjacent to an activating group) is 1. The van der Waals surface area contributed by atoms with Crippen molar-refractivity contribution in [2.24, 2.45) is 0 Å². The van der Waals surface area contributed by atoms with E-state index in [0.29, 0.717) is 11.4 Å². The van der Waals surface area contributed by atoms with Crippen LogP contribution in [0.2, 0.25) is 10.3 Å². The number of piperidine rings is 1. The molecule has 0 spiro atoms. The number of halogens is 2. The van der Waals surface area contributed by atoms with E-state index < -0.39 is 0 Å². The van der Waals surface area contributed by atoms with Crippen molar-refractivity contribution in [3.63, 3.8) is 0 Å². The van der Waals surface area contributed by atoms with Crippen LogP contribution in [0.4, 0.5) is 0 Å². The van der Waals surface area contributed by atoms with Crippen LogP contribution in [0.5, 0.6) is 0 Å². The van der Waals surface area contributed by atoms with Crippen LogP contribution in [0.3, 0.4) is 0 Å². The first-order valence-corrected chi connectivity index (χ1v) is 7.90. The van der Waals surface area contributed by atoms with Crippen molar-refractivity contribution >= 4 is 23.2 Å². The van der Waals surface area contributed by atoms with E-state index in [1.807, 2.05) is 0 Å². The van der Waals surface area contributed by atoms with E-state index in [0.717, 1.165) is 31.6 Å². The van der Waals surface area contributed by atoms with Gasteiger partial charge in [0.15, 0.2) is 0 Å². The van der Waals surface area contributed by atoms with Gasteiger partial charge in [0.05, 0.1) is 5.69 Å². The molecule has 2 aromatic rings. The lowest BCUT2D eigenvalue weighted by atomic mass is 9.95. The van der Waals surface area contributed by atoms with Gasteiger partial charge in [-0.25, -0.2) is 9.97 Å². The molecule has 0 aromatic carbocycles. The first-order valence-electron chi connectivity index (χ1n) is 7.14. The van der Waals surface area contributed by atoms with Gasteiger partial charge in [-0.2, -0.15) is 0 Å². The average Bonchev–Trinajstić information content (AvgIpc) is 2.45.